The smallest absolute Gasteiger partial charge is 0.330 e. The minimum Gasteiger partial charge on any atom is -0.479 e. The van der Waals surface area contributed by atoms with E-state index < -0.39 is 12.0 Å². The summed E-state index contributed by atoms with van der Waals surface area (Å²) >= 11 is 3.34. The molecule has 0 saturated carbocycles. The number of carboxylic acids is 1. The topological polar surface area (TPSA) is 49.3 Å². The molecule has 2 aromatic carbocycles. The van der Waals surface area contributed by atoms with Crippen LogP contribution in [0.25, 0.3) is 0 Å². The van der Waals surface area contributed by atoms with Crippen LogP contribution in [-0.2, 0) is 4.79 Å². The molecule has 0 radical (unpaired) electrons. The highest BCUT2D eigenvalue weighted by molar-refractivity contribution is 9.10. The second-order valence-corrected chi connectivity index (χ2v) is 4.75. The molecule has 0 aliphatic heterocycles. The summed E-state index contributed by atoms with van der Waals surface area (Å²) in [5.41, 5.74) is 1.49. The molecule has 0 saturated heterocycles. The molecule has 4 heteroatoms. The van der Waals surface area contributed by atoms with E-state index in [9.17, 15) is 9.90 Å². The molecule has 1 atom stereocenters. The molecule has 2 rings (SSSR count). The van der Waals surface area contributed by atoms with Gasteiger partial charge in [-0.25, -0.2) is 4.79 Å². The maximum absolute atomic E-state index is 11.3. The lowest BCUT2D eigenvalue weighted by Crippen LogP contribution is -2.20. The molecular weight excluding hydrogens is 294 g/mol. The number of carbonyl (C=O) groups is 1. The predicted molar refractivity (Wildman–Crippen MR) is 74.6 cm³/mol. The molecule has 3 nitrogen and oxygen atoms in total. The quantitative estimate of drug-likeness (QED) is 0.906. The molecule has 92 valence electrons. The van der Waals surface area contributed by atoms with Crippen LogP contribution in [0.5, 0.6) is 0 Å². The summed E-state index contributed by atoms with van der Waals surface area (Å²) in [5.74, 6) is -0.906. The summed E-state index contributed by atoms with van der Waals surface area (Å²) in [6, 6.07) is 15.8. The standard InChI is InChI=1S/C14H12BrNO2/c15-11-6-4-5-10(9-11)13(14(17)18)16-12-7-2-1-3-8-12/h1-9,13,16H,(H,17,18)/t13-/m0/s1. The van der Waals surface area contributed by atoms with Gasteiger partial charge < -0.3 is 10.4 Å². The maximum atomic E-state index is 11.3. The lowest BCUT2D eigenvalue weighted by atomic mass is 10.1. The van der Waals surface area contributed by atoms with Crippen molar-refractivity contribution in [1.29, 1.82) is 0 Å². The second-order valence-electron chi connectivity index (χ2n) is 3.84. The first-order chi connectivity index (χ1) is 8.66. The highest BCUT2D eigenvalue weighted by atomic mass is 79.9. The van der Waals surface area contributed by atoms with E-state index >= 15 is 0 Å². The van der Waals surface area contributed by atoms with Crippen LogP contribution in [0.4, 0.5) is 5.69 Å². The Hall–Kier alpha value is -1.81. The van der Waals surface area contributed by atoms with Crippen molar-refractivity contribution in [2.45, 2.75) is 6.04 Å². The van der Waals surface area contributed by atoms with E-state index in [1.165, 1.54) is 0 Å². The lowest BCUT2D eigenvalue weighted by Gasteiger charge is -2.16. The van der Waals surface area contributed by atoms with Crippen LogP contribution in [0.1, 0.15) is 11.6 Å². The van der Waals surface area contributed by atoms with Gasteiger partial charge in [0.1, 0.15) is 0 Å². The van der Waals surface area contributed by atoms with Gasteiger partial charge in [-0.3, -0.25) is 0 Å². The van der Waals surface area contributed by atoms with Crippen molar-refractivity contribution in [2.24, 2.45) is 0 Å². The Kier molecular flexibility index (Phi) is 3.99. The average Bonchev–Trinajstić information content (AvgIpc) is 2.37. The van der Waals surface area contributed by atoms with Gasteiger partial charge in [0.05, 0.1) is 0 Å². The summed E-state index contributed by atoms with van der Waals surface area (Å²) in [5, 5.41) is 12.3. The molecule has 0 unspecified atom stereocenters. The van der Waals surface area contributed by atoms with Crippen LogP contribution >= 0.6 is 15.9 Å². The zero-order chi connectivity index (χ0) is 13.0. The molecule has 18 heavy (non-hydrogen) atoms. The van der Waals surface area contributed by atoms with Crippen LogP contribution in [0.2, 0.25) is 0 Å². The van der Waals surface area contributed by atoms with E-state index in [2.05, 4.69) is 21.2 Å². The van der Waals surface area contributed by atoms with Crippen LogP contribution in [-0.4, -0.2) is 11.1 Å². The highest BCUT2D eigenvalue weighted by Crippen LogP contribution is 2.22. The average molecular weight is 306 g/mol. The van der Waals surface area contributed by atoms with Gasteiger partial charge in [0.15, 0.2) is 6.04 Å². The summed E-state index contributed by atoms with van der Waals surface area (Å²) in [6.07, 6.45) is 0. The molecule has 0 spiro atoms. The third kappa shape index (κ3) is 3.11. The minimum absolute atomic E-state index is 0.709. The van der Waals surface area contributed by atoms with E-state index in [-0.39, 0.29) is 0 Å². The normalized spacial score (nSPS) is 11.8. The molecule has 0 aliphatic rings. The predicted octanol–water partition coefficient (Wildman–Crippen LogP) is 3.69. The first-order valence-electron chi connectivity index (χ1n) is 5.46. The highest BCUT2D eigenvalue weighted by Gasteiger charge is 2.19. The number of carboxylic acid groups (broad SMARTS) is 1. The summed E-state index contributed by atoms with van der Waals surface area (Å²) in [6.45, 7) is 0. The van der Waals surface area contributed by atoms with Gasteiger partial charge in [0.2, 0.25) is 0 Å². The van der Waals surface area contributed by atoms with Gasteiger partial charge in [0.25, 0.3) is 0 Å². The van der Waals surface area contributed by atoms with Gasteiger partial charge in [-0.05, 0) is 29.8 Å². The summed E-state index contributed by atoms with van der Waals surface area (Å²) < 4.78 is 0.862. The SMILES string of the molecule is O=C(O)[C@@H](Nc1ccccc1)c1cccc(Br)c1. The monoisotopic (exact) mass is 305 g/mol. The Labute approximate surface area is 114 Å². The Balaban J connectivity index is 2.27. The van der Waals surface area contributed by atoms with Crippen LogP contribution in [0, 0.1) is 0 Å². The van der Waals surface area contributed by atoms with Crippen LogP contribution in [0.15, 0.2) is 59.1 Å². The molecule has 0 heterocycles. The van der Waals surface area contributed by atoms with E-state index in [4.69, 9.17) is 0 Å². The van der Waals surface area contributed by atoms with Gasteiger partial charge >= 0.3 is 5.97 Å². The molecule has 0 aromatic heterocycles. The third-order valence-electron chi connectivity index (χ3n) is 2.51. The van der Waals surface area contributed by atoms with E-state index in [1.54, 1.807) is 12.1 Å². The van der Waals surface area contributed by atoms with E-state index in [0.717, 1.165) is 10.2 Å². The molecule has 2 N–H and O–H groups in total. The molecular formula is C14H12BrNO2. The molecule has 0 fully saturated rings. The van der Waals surface area contributed by atoms with E-state index in [1.807, 2.05) is 42.5 Å². The van der Waals surface area contributed by atoms with E-state index in [0.29, 0.717) is 5.56 Å². The molecule has 0 bridgehead atoms. The van der Waals surface area contributed by atoms with Gasteiger partial charge in [-0.15, -0.1) is 0 Å². The fourth-order valence-electron chi connectivity index (χ4n) is 1.67. The third-order valence-corrected chi connectivity index (χ3v) is 3.01. The van der Waals surface area contributed by atoms with Gasteiger partial charge in [-0.2, -0.15) is 0 Å². The van der Waals surface area contributed by atoms with Crippen LogP contribution in [0.3, 0.4) is 0 Å². The largest absolute Gasteiger partial charge is 0.479 e. The van der Waals surface area contributed by atoms with Crippen molar-refractivity contribution in [1.82, 2.24) is 0 Å². The molecule has 0 amide bonds. The minimum atomic E-state index is -0.906. The molecule has 0 aliphatic carbocycles. The number of anilines is 1. The maximum Gasteiger partial charge on any atom is 0.330 e. The van der Waals surface area contributed by atoms with Crippen molar-refractivity contribution in [3.63, 3.8) is 0 Å². The number of para-hydroxylation sites is 1. The van der Waals surface area contributed by atoms with Crippen LogP contribution < -0.4 is 5.32 Å². The number of aliphatic carboxylic acids is 1. The van der Waals surface area contributed by atoms with Crippen molar-refractivity contribution < 1.29 is 9.90 Å². The number of hydrogen-bond donors (Lipinski definition) is 2. The molecule has 2 aromatic rings. The number of rotatable bonds is 4. The Morgan fingerprint density at radius 2 is 1.83 bits per heavy atom. The number of halogens is 1. The van der Waals surface area contributed by atoms with Crippen molar-refractivity contribution >= 4 is 27.6 Å². The zero-order valence-corrected chi connectivity index (χ0v) is 11.1. The second kappa shape index (κ2) is 5.69. The summed E-state index contributed by atoms with van der Waals surface area (Å²) in [7, 11) is 0. The Morgan fingerprint density at radius 3 is 2.44 bits per heavy atom. The number of benzene rings is 2. The first-order valence-corrected chi connectivity index (χ1v) is 6.26. The Morgan fingerprint density at radius 1 is 1.11 bits per heavy atom. The zero-order valence-electron chi connectivity index (χ0n) is 9.51. The van der Waals surface area contributed by atoms with Gasteiger partial charge in [0, 0.05) is 10.2 Å². The lowest BCUT2D eigenvalue weighted by molar-refractivity contribution is -0.138. The Bertz CT molecular complexity index is 543. The fraction of sp³-hybridized carbons (Fsp3) is 0.0714. The fourth-order valence-corrected chi connectivity index (χ4v) is 2.09. The number of nitrogens with one attached hydrogen (secondary N) is 1. The van der Waals surface area contributed by atoms with Crippen molar-refractivity contribution in [3.05, 3.63) is 64.6 Å². The van der Waals surface area contributed by atoms with Crippen molar-refractivity contribution in [3.8, 4) is 0 Å². The summed E-state index contributed by atoms with van der Waals surface area (Å²) in [4.78, 5) is 11.3. The first kappa shape index (κ1) is 12.6. The van der Waals surface area contributed by atoms with Crippen molar-refractivity contribution in [2.75, 3.05) is 5.32 Å². The van der Waals surface area contributed by atoms with Gasteiger partial charge in [-0.1, -0.05) is 46.3 Å². The number of hydrogen-bond acceptors (Lipinski definition) is 2.